The average molecular weight is 353 g/mol. The molecule has 2 aliphatic heterocycles. The van der Waals surface area contributed by atoms with Crippen molar-refractivity contribution < 1.29 is 23.8 Å². The van der Waals surface area contributed by atoms with Gasteiger partial charge in [-0.25, -0.2) is 4.39 Å². The number of benzene rings is 2. The van der Waals surface area contributed by atoms with Crippen LogP contribution >= 0.6 is 0 Å². The van der Waals surface area contributed by atoms with Crippen LogP contribution in [0, 0.1) is 5.82 Å². The molecule has 0 aromatic heterocycles. The zero-order valence-electron chi connectivity index (χ0n) is 13.8. The number of halogens is 1. The summed E-state index contributed by atoms with van der Waals surface area (Å²) in [6, 6.07) is 9.94. The molecule has 2 aliphatic rings. The number of ether oxygens (including phenoxy) is 1. The van der Waals surface area contributed by atoms with Crippen molar-refractivity contribution in [1.82, 2.24) is 0 Å². The van der Waals surface area contributed by atoms with Crippen LogP contribution < -0.4 is 5.32 Å². The predicted molar refractivity (Wildman–Crippen MR) is 93.6 cm³/mol. The van der Waals surface area contributed by atoms with E-state index in [0.717, 1.165) is 16.7 Å². The molecule has 0 fully saturated rings. The van der Waals surface area contributed by atoms with Crippen LogP contribution in [0.2, 0.25) is 0 Å². The summed E-state index contributed by atoms with van der Waals surface area (Å²) in [5.74, 6) is -1.07. The Labute approximate surface area is 149 Å². The number of nitrogens with one attached hydrogen (secondary N) is 1. The maximum absolute atomic E-state index is 13.6. The van der Waals surface area contributed by atoms with Crippen molar-refractivity contribution in [3.05, 3.63) is 64.5 Å². The molecule has 0 saturated heterocycles. The summed E-state index contributed by atoms with van der Waals surface area (Å²) >= 11 is 0. The van der Waals surface area contributed by atoms with Gasteiger partial charge in [0.15, 0.2) is 0 Å². The number of carbonyl (C=O) groups is 2. The zero-order valence-corrected chi connectivity index (χ0v) is 13.8. The molecule has 0 bridgehead atoms. The van der Waals surface area contributed by atoms with Gasteiger partial charge in [0.2, 0.25) is 0 Å². The molecule has 6 heteroatoms. The van der Waals surface area contributed by atoms with Gasteiger partial charge in [0.1, 0.15) is 18.2 Å². The third-order valence-electron chi connectivity index (χ3n) is 4.60. The molecule has 132 valence electrons. The maximum Gasteiger partial charge on any atom is 0.303 e. The molecule has 2 aromatic rings. The summed E-state index contributed by atoms with van der Waals surface area (Å²) < 4.78 is 19.4. The molecule has 0 atom stereocenters. The fourth-order valence-corrected chi connectivity index (χ4v) is 3.39. The van der Waals surface area contributed by atoms with Crippen LogP contribution in [0.25, 0.3) is 11.3 Å². The average Bonchev–Trinajstić information content (AvgIpc) is 3.13. The van der Waals surface area contributed by atoms with Crippen LogP contribution in [-0.4, -0.2) is 17.0 Å². The first-order valence-corrected chi connectivity index (χ1v) is 8.35. The normalized spacial score (nSPS) is 17.5. The van der Waals surface area contributed by atoms with Gasteiger partial charge in [0.05, 0.1) is 5.57 Å². The summed E-state index contributed by atoms with van der Waals surface area (Å²) in [5.41, 5.74) is 4.20. The van der Waals surface area contributed by atoms with Gasteiger partial charge in [-0.15, -0.1) is 0 Å². The second-order valence-corrected chi connectivity index (χ2v) is 6.38. The molecule has 0 saturated carbocycles. The topological polar surface area (TPSA) is 75.6 Å². The number of anilines is 1. The quantitative estimate of drug-likeness (QED) is 0.824. The molecule has 5 nitrogen and oxygen atoms in total. The highest BCUT2D eigenvalue weighted by Gasteiger charge is 2.32. The Morgan fingerprint density at radius 3 is 2.85 bits per heavy atom. The fraction of sp³-hybridized carbons (Fsp3) is 0.200. The highest BCUT2D eigenvalue weighted by atomic mass is 19.1. The monoisotopic (exact) mass is 353 g/mol. The van der Waals surface area contributed by atoms with Crippen LogP contribution in [0.3, 0.4) is 0 Å². The first-order chi connectivity index (χ1) is 12.5. The smallest absolute Gasteiger partial charge is 0.303 e. The van der Waals surface area contributed by atoms with Crippen molar-refractivity contribution in [3.8, 4) is 0 Å². The van der Waals surface area contributed by atoms with E-state index in [1.165, 1.54) is 18.2 Å². The standard InChI is InChI=1S/C20H16FNO4/c21-13-5-7-16-15(9-13)18(20(25)22-16)19-14-6-4-11(2-1-3-17(23)24)8-12(14)10-26-19/h4-9H,1-3,10H2,(H,22,25)(H,23,24)/b19-18+. The van der Waals surface area contributed by atoms with Crippen molar-refractivity contribution in [1.29, 1.82) is 0 Å². The molecule has 4 rings (SSSR count). The molecule has 1 amide bonds. The second kappa shape index (κ2) is 6.29. The van der Waals surface area contributed by atoms with Crippen LogP contribution in [0.1, 0.15) is 35.1 Å². The van der Waals surface area contributed by atoms with Gasteiger partial charge in [-0.05, 0) is 36.6 Å². The van der Waals surface area contributed by atoms with Crippen LogP contribution in [0.5, 0.6) is 0 Å². The Hall–Kier alpha value is -3.15. The van der Waals surface area contributed by atoms with E-state index in [1.54, 1.807) is 0 Å². The van der Waals surface area contributed by atoms with E-state index < -0.39 is 11.8 Å². The Kier molecular flexibility index (Phi) is 3.95. The molecule has 2 aromatic carbocycles. The lowest BCUT2D eigenvalue weighted by Crippen LogP contribution is -2.05. The molecule has 2 heterocycles. The summed E-state index contributed by atoms with van der Waals surface area (Å²) in [7, 11) is 0. The lowest BCUT2D eigenvalue weighted by Gasteiger charge is -2.06. The molecule has 0 unspecified atom stereocenters. The van der Waals surface area contributed by atoms with Gasteiger partial charge in [0, 0.05) is 28.8 Å². The lowest BCUT2D eigenvalue weighted by atomic mass is 9.97. The predicted octanol–water partition coefficient (Wildman–Crippen LogP) is 3.58. The van der Waals surface area contributed by atoms with Crippen molar-refractivity contribution in [2.24, 2.45) is 0 Å². The van der Waals surface area contributed by atoms with Gasteiger partial charge in [0.25, 0.3) is 5.91 Å². The Bertz CT molecular complexity index is 964. The van der Waals surface area contributed by atoms with Crippen molar-refractivity contribution in [2.45, 2.75) is 25.9 Å². The van der Waals surface area contributed by atoms with E-state index in [2.05, 4.69) is 5.32 Å². The molecular formula is C20H16FNO4. The van der Waals surface area contributed by atoms with Crippen LogP contribution in [0.15, 0.2) is 36.4 Å². The summed E-state index contributed by atoms with van der Waals surface area (Å²) in [4.78, 5) is 23.0. The van der Waals surface area contributed by atoms with E-state index in [4.69, 9.17) is 9.84 Å². The number of carboxylic acid groups (broad SMARTS) is 1. The van der Waals surface area contributed by atoms with Gasteiger partial charge in [-0.1, -0.05) is 18.2 Å². The second-order valence-electron chi connectivity index (χ2n) is 6.38. The van der Waals surface area contributed by atoms with Crippen LogP contribution in [0.4, 0.5) is 10.1 Å². The van der Waals surface area contributed by atoms with Crippen molar-refractivity contribution in [3.63, 3.8) is 0 Å². The number of aryl methyl sites for hydroxylation is 1. The first-order valence-electron chi connectivity index (χ1n) is 8.35. The van der Waals surface area contributed by atoms with Gasteiger partial charge >= 0.3 is 5.97 Å². The largest absolute Gasteiger partial charge is 0.487 e. The Morgan fingerprint density at radius 1 is 1.19 bits per heavy atom. The van der Waals surface area contributed by atoms with E-state index in [1.807, 2.05) is 18.2 Å². The Balaban J connectivity index is 1.68. The minimum Gasteiger partial charge on any atom is -0.487 e. The lowest BCUT2D eigenvalue weighted by molar-refractivity contribution is -0.137. The number of carboxylic acids is 1. The van der Waals surface area contributed by atoms with Gasteiger partial charge < -0.3 is 15.2 Å². The molecule has 0 aliphatic carbocycles. The SMILES string of the molecule is O=C(O)CCCc1ccc2c(c1)CO/C2=C1/C(=O)Nc2ccc(F)cc21. The van der Waals surface area contributed by atoms with Crippen molar-refractivity contribution >= 4 is 28.9 Å². The first kappa shape index (κ1) is 16.3. The number of hydrogen-bond acceptors (Lipinski definition) is 3. The third kappa shape index (κ3) is 2.83. The van der Waals surface area contributed by atoms with E-state index >= 15 is 0 Å². The summed E-state index contributed by atoms with van der Waals surface area (Å²) in [6.07, 6.45) is 1.36. The Morgan fingerprint density at radius 2 is 2.04 bits per heavy atom. The minimum absolute atomic E-state index is 0.130. The van der Waals surface area contributed by atoms with E-state index in [-0.39, 0.29) is 12.3 Å². The minimum atomic E-state index is -0.806. The summed E-state index contributed by atoms with van der Waals surface area (Å²) in [6.45, 7) is 0.332. The zero-order chi connectivity index (χ0) is 18.3. The number of fused-ring (bicyclic) bond motifs is 2. The number of aliphatic carboxylic acids is 1. The number of amides is 1. The number of rotatable bonds is 4. The van der Waals surface area contributed by atoms with Gasteiger partial charge in [-0.2, -0.15) is 0 Å². The molecule has 2 N–H and O–H groups in total. The molecule has 0 radical (unpaired) electrons. The fourth-order valence-electron chi connectivity index (χ4n) is 3.39. The highest BCUT2D eigenvalue weighted by Crippen LogP contribution is 2.41. The van der Waals surface area contributed by atoms with E-state index in [0.29, 0.717) is 42.0 Å². The third-order valence-corrected chi connectivity index (χ3v) is 4.60. The van der Waals surface area contributed by atoms with Gasteiger partial charge in [-0.3, -0.25) is 9.59 Å². The van der Waals surface area contributed by atoms with E-state index in [9.17, 15) is 14.0 Å². The summed E-state index contributed by atoms with van der Waals surface area (Å²) in [5, 5.41) is 11.5. The number of carbonyl (C=O) groups excluding carboxylic acids is 1. The molecule has 26 heavy (non-hydrogen) atoms. The van der Waals surface area contributed by atoms with Crippen LogP contribution in [-0.2, 0) is 27.4 Å². The maximum atomic E-state index is 13.6. The number of hydrogen-bond donors (Lipinski definition) is 2. The highest BCUT2D eigenvalue weighted by molar-refractivity contribution is 6.36. The van der Waals surface area contributed by atoms with Crippen molar-refractivity contribution in [2.75, 3.05) is 5.32 Å². The molecular weight excluding hydrogens is 337 g/mol. The molecule has 0 spiro atoms.